The summed E-state index contributed by atoms with van der Waals surface area (Å²) >= 11 is 0. The van der Waals surface area contributed by atoms with Crippen LogP contribution in [0.5, 0.6) is 0 Å². The van der Waals surface area contributed by atoms with E-state index in [0.29, 0.717) is 33.7 Å². The molecule has 3 amide bonds. The third kappa shape index (κ3) is 4.43. The topological polar surface area (TPSA) is 147 Å². The molecule has 4 aromatic rings. The Morgan fingerprint density at radius 1 is 0.968 bits per heavy atom. The number of benzene rings is 2. The van der Waals surface area contributed by atoms with Gasteiger partial charge in [0.1, 0.15) is 11.8 Å². The lowest BCUT2D eigenvalue weighted by atomic mass is 10.2. The fraction of sp³-hybridized carbons (Fsp3) is 0.0476. The second kappa shape index (κ2) is 8.51. The van der Waals surface area contributed by atoms with E-state index in [1.807, 2.05) is 0 Å². The number of urea groups is 1. The zero-order valence-corrected chi connectivity index (χ0v) is 16.2. The summed E-state index contributed by atoms with van der Waals surface area (Å²) in [7, 11) is 0. The largest absolute Gasteiger partial charge is 0.392 e. The normalized spacial score (nSPS) is 10.6. The summed E-state index contributed by atoms with van der Waals surface area (Å²) in [6.07, 6.45) is 2.94. The van der Waals surface area contributed by atoms with E-state index in [9.17, 15) is 14.7 Å². The third-order valence-corrected chi connectivity index (χ3v) is 4.49. The number of rotatable bonds is 5. The molecule has 0 bridgehead atoms. The zero-order chi connectivity index (χ0) is 21.8. The fourth-order valence-electron chi connectivity index (χ4n) is 3.04. The molecule has 6 N–H and O–H groups in total. The zero-order valence-electron chi connectivity index (χ0n) is 16.2. The van der Waals surface area contributed by atoms with Gasteiger partial charge >= 0.3 is 6.03 Å². The van der Waals surface area contributed by atoms with Crippen LogP contribution in [0.25, 0.3) is 5.52 Å². The summed E-state index contributed by atoms with van der Waals surface area (Å²) in [4.78, 5) is 28.7. The maximum absolute atomic E-state index is 12.6. The minimum absolute atomic E-state index is 0.108. The maximum atomic E-state index is 12.6. The number of aliphatic hydroxyl groups excluding tert-OH is 1. The minimum Gasteiger partial charge on any atom is -0.392 e. The second-order valence-corrected chi connectivity index (χ2v) is 6.64. The molecule has 0 spiro atoms. The number of nitrogens with zero attached hydrogens (tertiary/aromatic N) is 3. The number of anilines is 4. The van der Waals surface area contributed by atoms with Gasteiger partial charge in [0.25, 0.3) is 5.91 Å². The van der Waals surface area contributed by atoms with Gasteiger partial charge in [0.2, 0.25) is 0 Å². The number of nitrogen functional groups attached to an aromatic ring is 1. The van der Waals surface area contributed by atoms with Gasteiger partial charge in [-0.2, -0.15) is 5.10 Å². The second-order valence-electron chi connectivity index (χ2n) is 6.64. The van der Waals surface area contributed by atoms with Gasteiger partial charge in [-0.05, 0) is 48.0 Å². The number of fused-ring (bicyclic) bond motifs is 1. The quantitative estimate of drug-likeness (QED) is 0.337. The first-order valence-electron chi connectivity index (χ1n) is 9.30. The molecule has 0 saturated carbocycles. The summed E-state index contributed by atoms with van der Waals surface area (Å²) in [6, 6.07) is 14.7. The molecule has 0 radical (unpaired) electrons. The Kier molecular flexibility index (Phi) is 5.45. The molecule has 31 heavy (non-hydrogen) atoms. The van der Waals surface area contributed by atoms with E-state index >= 15 is 0 Å². The highest BCUT2D eigenvalue weighted by Crippen LogP contribution is 2.20. The number of nitrogens with two attached hydrogens (primary N) is 1. The molecule has 0 aliphatic rings. The fourth-order valence-corrected chi connectivity index (χ4v) is 3.04. The van der Waals surface area contributed by atoms with E-state index in [-0.39, 0.29) is 18.3 Å². The summed E-state index contributed by atoms with van der Waals surface area (Å²) in [6.45, 7) is -0.108. The Morgan fingerprint density at radius 3 is 2.42 bits per heavy atom. The van der Waals surface area contributed by atoms with Crippen molar-refractivity contribution in [1.82, 2.24) is 14.6 Å². The first-order valence-corrected chi connectivity index (χ1v) is 9.30. The van der Waals surface area contributed by atoms with Crippen molar-refractivity contribution in [2.45, 2.75) is 6.61 Å². The highest BCUT2D eigenvalue weighted by molar-refractivity contribution is 6.10. The Balaban J connectivity index is 1.39. The molecule has 2 aromatic heterocycles. The van der Waals surface area contributed by atoms with Gasteiger partial charge in [-0.1, -0.05) is 12.1 Å². The van der Waals surface area contributed by atoms with Gasteiger partial charge in [-0.15, -0.1) is 0 Å². The van der Waals surface area contributed by atoms with Crippen LogP contribution in [0, 0.1) is 0 Å². The average Bonchev–Trinajstić information content (AvgIpc) is 3.21. The molecule has 4 rings (SSSR count). The van der Waals surface area contributed by atoms with E-state index < -0.39 is 6.03 Å². The molecule has 0 saturated heterocycles. The average molecular weight is 417 g/mol. The van der Waals surface area contributed by atoms with Crippen LogP contribution in [0.4, 0.5) is 27.7 Å². The Morgan fingerprint density at radius 2 is 1.68 bits per heavy atom. The minimum atomic E-state index is -0.428. The highest BCUT2D eigenvalue weighted by atomic mass is 16.3. The van der Waals surface area contributed by atoms with E-state index in [4.69, 9.17) is 5.73 Å². The van der Waals surface area contributed by atoms with E-state index in [1.165, 1.54) is 10.8 Å². The van der Waals surface area contributed by atoms with Crippen LogP contribution in [-0.2, 0) is 6.61 Å². The predicted molar refractivity (Wildman–Crippen MR) is 117 cm³/mol. The van der Waals surface area contributed by atoms with Gasteiger partial charge in [-0.25, -0.2) is 14.3 Å². The number of carbonyl (C=O) groups is 2. The number of carbonyl (C=O) groups excluding carboxylic acids is 2. The van der Waals surface area contributed by atoms with Crippen LogP contribution < -0.4 is 21.7 Å². The van der Waals surface area contributed by atoms with E-state index in [1.54, 1.807) is 60.8 Å². The van der Waals surface area contributed by atoms with Gasteiger partial charge < -0.3 is 26.8 Å². The maximum Gasteiger partial charge on any atom is 0.323 e. The van der Waals surface area contributed by atoms with Crippen molar-refractivity contribution in [1.29, 1.82) is 0 Å². The van der Waals surface area contributed by atoms with Crippen LogP contribution in [0.3, 0.4) is 0 Å². The number of nitrogens with one attached hydrogen (secondary N) is 3. The van der Waals surface area contributed by atoms with Crippen LogP contribution >= 0.6 is 0 Å². The summed E-state index contributed by atoms with van der Waals surface area (Å²) in [5, 5.41) is 21.4. The van der Waals surface area contributed by atoms with Crippen molar-refractivity contribution in [2.24, 2.45) is 0 Å². The SMILES string of the molecule is Nc1ncnn2ccc(C(=O)Nc3ccc(NC(=O)Nc4cccc(CO)c4)cc3)c12. The molecule has 0 fully saturated rings. The Hall–Kier alpha value is -4.44. The van der Waals surface area contributed by atoms with Crippen molar-refractivity contribution in [3.05, 3.63) is 78.2 Å². The number of aromatic nitrogens is 3. The lowest BCUT2D eigenvalue weighted by Gasteiger charge is -2.10. The van der Waals surface area contributed by atoms with Crippen molar-refractivity contribution in [3.8, 4) is 0 Å². The van der Waals surface area contributed by atoms with E-state index in [0.717, 1.165) is 0 Å². The van der Waals surface area contributed by atoms with Crippen LogP contribution in [0.1, 0.15) is 15.9 Å². The van der Waals surface area contributed by atoms with Crippen molar-refractivity contribution in [2.75, 3.05) is 21.7 Å². The Bertz CT molecular complexity index is 1250. The molecule has 0 aliphatic heterocycles. The number of aliphatic hydroxyl groups is 1. The third-order valence-electron chi connectivity index (χ3n) is 4.49. The lowest BCUT2D eigenvalue weighted by Crippen LogP contribution is -2.19. The summed E-state index contributed by atoms with van der Waals surface area (Å²) in [5.41, 5.74) is 8.99. The van der Waals surface area contributed by atoms with Gasteiger partial charge in [-0.3, -0.25) is 4.79 Å². The number of amides is 3. The van der Waals surface area contributed by atoms with Crippen molar-refractivity contribution < 1.29 is 14.7 Å². The monoisotopic (exact) mass is 417 g/mol. The van der Waals surface area contributed by atoms with Gasteiger partial charge in [0.15, 0.2) is 5.82 Å². The summed E-state index contributed by atoms with van der Waals surface area (Å²) < 4.78 is 1.49. The standard InChI is InChI=1S/C21H19N7O3/c22-19-18-17(8-9-28(18)24-12-23-19)20(30)25-14-4-6-15(7-5-14)26-21(31)27-16-3-1-2-13(10-16)11-29/h1-10,12,29H,11H2,(H,25,30)(H2,22,23,24)(H2,26,27,31). The van der Waals surface area contributed by atoms with Crippen LogP contribution in [0.2, 0.25) is 0 Å². The number of hydrogen-bond donors (Lipinski definition) is 5. The van der Waals surface area contributed by atoms with Gasteiger partial charge in [0.05, 0.1) is 12.2 Å². The molecule has 0 atom stereocenters. The molecule has 10 nitrogen and oxygen atoms in total. The molecule has 0 unspecified atom stereocenters. The first-order chi connectivity index (χ1) is 15.0. The van der Waals surface area contributed by atoms with Gasteiger partial charge in [0, 0.05) is 23.3 Å². The Labute approximate surface area is 176 Å². The molecule has 156 valence electrons. The van der Waals surface area contributed by atoms with Crippen LogP contribution in [0.15, 0.2) is 67.1 Å². The lowest BCUT2D eigenvalue weighted by molar-refractivity contribution is 0.102. The van der Waals surface area contributed by atoms with Crippen molar-refractivity contribution in [3.63, 3.8) is 0 Å². The predicted octanol–water partition coefficient (Wildman–Crippen LogP) is 2.70. The first kappa shape index (κ1) is 19.9. The number of hydrogen-bond acceptors (Lipinski definition) is 6. The van der Waals surface area contributed by atoms with E-state index in [2.05, 4.69) is 26.0 Å². The molecular weight excluding hydrogens is 398 g/mol. The smallest absolute Gasteiger partial charge is 0.323 e. The summed E-state index contributed by atoms with van der Waals surface area (Å²) in [5.74, 6) is -0.147. The molecule has 0 aliphatic carbocycles. The molecule has 2 aromatic carbocycles. The van der Waals surface area contributed by atoms with Crippen molar-refractivity contribution >= 4 is 40.3 Å². The highest BCUT2D eigenvalue weighted by Gasteiger charge is 2.15. The molecule has 2 heterocycles. The van der Waals surface area contributed by atoms with Crippen LogP contribution in [-0.4, -0.2) is 31.6 Å². The molecule has 10 heteroatoms. The molecular formula is C21H19N7O3.